The Morgan fingerprint density at radius 2 is 1.87 bits per heavy atom. The number of nitrogens with zero attached hydrogens (tertiary/aromatic N) is 5. The van der Waals surface area contributed by atoms with Gasteiger partial charge >= 0.3 is 0 Å². The molecule has 0 saturated carbocycles. The molecule has 3 aromatic rings. The maximum atomic E-state index is 5.76. The van der Waals surface area contributed by atoms with Gasteiger partial charge in [-0.1, -0.05) is 18.2 Å². The normalized spacial score (nSPS) is 14.8. The standard InChI is InChI=1S/C22H31N7O2/c1-17(2)29-21-19(27-22(29)24-8-10-28-11-14-30-15-12-28)20(25-16-26-21)23-9-13-31-18-6-4-3-5-7-18/h3-7,16-17H,8-15H2,1-2H3,(H,24,27)(H,23,25,26). The second-order valence-corrected chi connectivity index (χ2v) is 7.76. The van der Waals surface area contributed by atoms with Gasteiger partial charge in [-0.25, -0.2) is 15.0 Å². The number of imidazole rings is 1. The number of morpholine rings is 1. The monoisotopic (exact) mass is 425 g/mol. The first-order chi connectivity index (χ1) is 15.2. The number of hydrogen-bond donors (Lipinski definition) is 2. The van der Waals surface area contributed by atoms with Gasteiger partial charge < -0.3 is 20.1 Å². The third-order valence-electron chi connectivity index (χ3n) is 5.21. The summed E-state index contributed by atoms with van der Waals surface area (Å²) in [5.41, 5.74) is 1.59. The Morgan fingerprint density at radius 1 is 1.06 bits per heavy atom. The molecular formula is C22H31N7O2. The topological polar surface area (TPSA) is 89.4 Å². The Kier molecular flexibility index (Phi) is 7.16. The summed E-state index contributed by atoms with van der Waals surface area (Å²) in [6.45, 7) is 10.8. The molecule has 9 nitrogen and oxygen atoms in total. The molecule has 166 valence electrons. The average Bonchev–Trinajstić information content (AvgIpc) is 3.17. The Morgan fingerprint density at radius 3 is 2.65 bits per heavy atom. The van der Waals surface area contributed by atoms with Crippen LogP contribution in [0, 0.1) is 0 Å². The maximum Gasteiger partial charge on any atom is 0.205 e. The van der Waals surface area contributed by atoms with Crippen molar-refractivity contribution >= 4 is 22.9 Å². The first kappa shape index (κ1) is 21.3. The van der Waals surface area contributed by atoms with Gasteiger partial charge in [-0.2, -0.15) is 0 Å². The minimum atomic E-state index is 0.222. The van der Waals surface area contributed by atoms with Crippen LogP contribution in [0.2, 0.25) is 0 Å². The van der Waals surface area contributed by atoms with Gasteiger partial charge in [0.2, 0.25) is 5.95 Å². The van der Waals surface area contributed by atoms with Gasteiger partial charge in [0.1, 0.15) is 18.7 Å². The molecule has 1 saturated heterocycles. The van der Waals surface area contributed by atoms with Gasteiger partial charge in [0.25, 0.3) is 0 Å². The number of aromatic nitrogens is 4. The second-order valence-electron chi connectivity index (χ2n) is 7.76. The van der Waals surface area contributed by atoms with Crippen LogP contribution in [0.5, 0.6) is 5.75 Å². The molecule has 31 heavy (non-hydrogen) atoms. The first-order valence-corrected chi connectivity index (χ1v) is 10.9. The van der Waals surface area contributed by atoms with Crippen LogP contribution in [-0.4, -0.2) is 77.0 Å². The molecule has 0 bridgehead atoms. The quantitative estimate of drug-likeness (QED) is 0.479. The van der Waals surface area contributed by atoms with E-state index < -0.39 is 0 Å². The van der Waals surface area contributed by atoms with E-state index in [1.807, 2.05) is 30.3 Å². The van der Waals surface area contributed by atoms with Crippen LogP contribution < -0.4 is 15.4 Å². The molecule has 4 rings (SSSR count). The summed E-state index contributed by atoms with van der Waals surface area (Å²) in [4.78, 5) is 16.2. The average molecular weight is 426 g/mol. The Balaban J connectivity index is 1.41. The number of rotatable bonds is 10. The van der Waals surface area contributed by atoms with Crippen molar-refractivity contribution in [1.82, 2.24) is 24.4 Å². The van der Waals surface area contributed by atoms with Gasteiger partial charge in [0.15, 0.2) is 17.0 Å². The van der Waals surface area contributed by atoms with Crippen molar-refractivity contribution in [2.75, 3.05) is 63.2 Å². The first-order valence-electron chi connectivity index (χ1n) is 10.9. The van der Waals surface area contributed by atoms with E-state index in [0.717, 1.165) is 68.1 Å². The predicted molar refractivity (Wildman–Crippen MR) is 122 cm³/mol. The Labute approximate surface area is 182 Å². The number of benzene rings is 1. The summed E-state index contributed by atoms with van der Waals surface area (Å²) in [7, 11) is 0. The zero-order valence-corrected chi connectivity index (χ0v) is 18.3. The number of fused-ring (bicyclic) bond motifs is 1. The highest BCUT2D eigenvalue weighted by atomic mass is 16.5. The molecule has 1 fully saturated rings. The summed E-state index contributed by atoms with van der Waals surface area (Å²) < 4.78 is 13.3. The van der Waals surface area contributed by atoms with Crippen molar-refractivity contribution in [1.29, 1.82) is 0 Å². The molecule has 1 aliphatic rings. The fourth-order valence-corrected chi connectivity index (χ4v) is 3.66. The Hall–Kier alpha value is -2.91. The van der Waals surface area contributed by atoms with Crippen LogP contribution in [0.4, 0.5) is 11.8 Å². The van der Waals surface area contributed by atoms with E-state index in [1.54, 1.807) is 6.33 Å². The van der Waals surface area contributed by atoms with Crippen molar-refractivity contribution in [2.24, 2.45) is 0 Å². The Bertz CT molecular complexity index is 955. The van der Waals surface area contributed by atoms with E-state index in [-0.39, 0.29) is 6.04 Å². The second kappa shape index (κ2) is 10.4. The largest absolute Gasteiger partial charge is 0.492 e. The van der Waals surface area contributed by atoms with Crippen LogP contribution in [-0.2, 0) is 4.74 Å². The third kappa shape index (κ3) is 5.42. The zero-order chi connectivity index (χ0) is 21.5. The summed E-state index contributed by atoms with van der Waals surface area (Å²) in [6, 6.07) is 10.0. The minimum Gasteiger partial charge on any atom is -0.492 e. The highest BCUT2D eigenvalue weighted by Gasteiger charge is 2.18. The molecule has 3 heterocycles. The number of anilines is 2. The lowest BCUT2D eigenvalue weighted by Gasteiger charge is -2.26. The predicted octanol–water partition coefficient (Wildman–Crippen LogP) is 2.64. The van der Waals surface area contributed by atoms with Crippen LogP contribution in [0.3, 0.4) is 0 Å². The lowest BCUT2D eigenvalue weighted by molar-refractivity contribution is 0.0398. The van der Waals surface area contributed by atoms with Crippen LogP contribution in [0.1, 0.15) is 19.9 Å². The third-order valence-corrected chi connectivity index (χ3v) is 5.21. The van der Waals surface area contributed by atoms with Crippen molar-refractivity contribution in [3.8, 4) is 5.75 Å². The molecule has 2 aromatic heterocycles. The van der Waals surface area contributed by atoms with Crippen LogP contribution >= 0.6 is 0 Å². The molecule has 0 atom stereocenters. The van der Waals surface area contributed by atoms with Crippen LogP contribution in [0.25, 0.3) is 11.2 Å². The van der Waals surface area contributed by atoms with Gasteiger partial charge in [-0.05, 0) is 26.0 Å². The fourth-order valence-electron chi connectivity index (χ4n) is 3.66. The number of ether oxygens (including phenoxy) is 2. The van der Waals surface area contributed by atoms with Gasteiger partial charge in [0.05, 0.1) is 19.8 Å². The molecule has 1 aliphatic heterocycles. The molecule has 9 heteroatoms. The van der Waals surface area contributed by atoms with Crippen molar-refractivity contribution in [3.63, 3.8) is 0 Å². The van der Waals surface area contributed by atoms with E-state index in [1.165, 1.54) is 0 Å². The molecular weight excluding hydrogens is 394 g/mol. The molecule has 0 spiro atoms. The lowest BCUT2D eigenvalue weighted by Crippen LogP contribution is -2.39. The van der Waals surface area contributed by atoms with E-state index in [9.17, 15) is 0 Å². The summed E-state index contributed by atoms with van der Waals surface area (Å²) in [6.07, 6.45) is 1.58. The molecule has 0 radical (unpaired) electrons. The lowest BCUT2D eigenvalue weighted by atomic mass is 10.3. The summed E-state index contributed by atoms with van der Waals surface area (Å²) in [5.74, 6) is 2.40. The maximum absolute atomic E-state index is 5.76. The van der Waals surface area contributed by atoms with Crippen molar-refractivity contribution < 1.29 is 9.47 Å². The minimum absolute atomic E-state index is 0.222. The van der Waals surface area contributed by atoms with Crippen molar-refractivity contribution in [3.05, 3.63) is 36.7 Å². The summed E-state index contributed by atoms with van der Waals surface area (Å²) in [5, 5.41) is 6.84. The smallest absolute Gasteiger partial charge is 0.205 e. The molecule has 0 aliphatic carbocycles. The van der Waals surface area contributed by atoms with Gasteiger partial charge in [0, 0.05) is 32.2 Å². The number of para-hydroxylation sites is 1. The molecule has 0 unspecified atom stereocenters. The van der Waals surface area contributed by atoms with Gasteiger partial charge in [-0.15, -0.1) is 0 Å². The van der Waals surface area contributed by atoms with Crippen molar-refractivity contribution in [2.45, 2.75) is 19.9 Å². The highest BCUT2D eigenvalue weighted by molar-refractivity contribution is 5.85. The van der Waals surface area contributed by atoms with E-state index in [4.69, 9.17) is 14.5 Å². The van der Waals surface area contributed by atoms with E-state index in [2.05, 4.69) is 43.9 Å². The molecule has 1 aromatic carbocycles. The highest BCUT2D eigenvalue weighted by Crippen LogP contribution is 2.26. The SMILES string of the molecule is CC(C)n1c(NCCN2CCOCC2)nc2c(NCCOc3ccccc3)ncnc21. The fraction of sp³-hybridized carbons (Fsp3) is 0.500. The van der Waals surface area contributed by atoms with E-state index >= 15 is 0 Å². The summed E-state index contributed by atoms with van der Waals surface area (Å²) >= 11 is 0. The van der Waals surface area contributed by atoms with Crippen LogP contribution in [0.15, 0.2) is 36.7 Å². The number of hydrogen-bond acceptors (Lipinski definition) is 8. The molecule has 0 amide bonds. The van der Waals surface area contributed by atoms with E-state index in [0.29, 0.717) is 13.2 Å². The van der Waals surface area contributed by atoms with Gasteiger partial charge in [-0.3, -0.25) is 9.47 Å². The zero-order valence-electron chi connectivity index (χ0n) is 18.3. The number of nitrogens with one attached hydrogen (secondary N) is 2. The molecule has 2 N–H and O–H groups in total.